The summed E-state index contributed by atoms with van der Waals surface area (Å²) in [6.45, 7) is 10.7. The molecule has 0 amide bonds. The van der Waals surface area contributed by atoms with Crippen molar-refractivity contribution < 1.29 is 0 Å². The van der Waals surface area contributed by atoms with Gasteiger partial charge < -0.3 is 5.32 Å². The first kappa shape index (κ1) is 12.7. The highest BCUT2D eigenvalue weighted by Gasteiger charge is 2.04. The van der Waals surface area contributed by atoms with E-state index in [1.165, 1.54) is 39.2 Å². The average molecular weight is 239 g/mol. The molecule has 0 fully saturated rings. The standard InChI is InChI=1S/C17H21N/c1-11-6-12(2)10-16(9-11)18-17-14(4)7-13(3)8-15(17)5/h6-10,18H,1-5H3. The van der Waals surface area contributed by atoms with E-state index >= 15 is 0 Å². The van der Waals surface area contributed by atoms with E-state index in [4.69, 9.17) is 0 Å². The van der Waals surface area contributed by atoms with Crippen LogP contribution in [0.2, 0.25) is 0 Å². The van der Waals surface area contributed by atoms with Crippen molar-refractivity contribution in [2.45, 2.75) is 34.6 Å². The Hall–Kier alpha value is -1.76. The summed E-state index contributed by atoms with van der Waals surface area (Å²) in [4.78, 5) is 0. The van der Waals surface area contributed by atoms with E-state index in [1.54, 1.807) is 0 Å². The molecule has 0 atom stereocenters. The lowest BCUT2D eigenvalue weighted by atomic mass is 10.0. The zero-order chi connectivity index (χ0) is 13.3. The van der Waals surface area contributed by atoms with Gasteiger partial charge in [0.2, 0.25) is 0 Å². The number of anilines is 2. The molecule has 18 heavy (non-hydrogen) atoms. The molecule has 94 valence electrons. The monoisotopic (exact) mass is 239 g/mol. The van der Waals surface area contributed by atoms with Crippen molar-refractivity contribution in [3.8, 4) is 0 Å². The minimum atomic E-state index is 1.17. The Morgan fingerprint density at radius 1 is 0.611 bits per heavy atom. The average Bonchev–Trinajstić information content (AvgIpc) is 2.22. The van der Waals surface area contributed by atoms with Gasteiger partial charge in [0.15, 0.2) is 0 Å². The fourth-order valence-electron chi connectivity index (χ4n) is 2.57. The molecule has 2 aromatic carbocycles. The fraction of sp³-hybridized carbons (Fsp3) is 0.294. The predicted molar refractivity (Wildman–Crippen MR) is 79.9 cm³/mol. The second kappa shape index (κ2) is 4.85. The largest absolute Gasteiger partial charge is 0.355 e. The van der Waals surface area contributed by atoms with Gasteiger partial charge in [-0.1, -0.05) is 23.8 Å². The van der Waals surface area contributed by atoms with E-state index in [-0.39, 0.29) is 0 Å². The van der Waals surface area contributed by atoms with E-state index in [0.29, 0.717) is 0 Å². The number of nitrogens with one attached hydrogen (secondary N) is 1. The van der Waals surface area contributed by atoms with Crippen LogP contribution in [0.15, 0.2) is 30.3 Å². The maximum Gasteiger partial charge on any atom is 0.0443 e. The van der Waals surface area contributed by atoms with Crippen molar-refractivity contribution in [1.29, 1.82) is 0 Å². The maximum atomic E-state index is 3.55. The van der Waals surface area contributed by atoms with Crippen molar-refractivity contribution in [3.05, 3.63) is 58.1 Å². The van der Waals surface area contributed by atoms with Crippen LogP contribution in [0, 0.1) is 34.6 Å². The fourth-order valence-corrected chi connectivity index (χ4v) is 2.57. The van der Waals surface area contributed by atoms with Crippen LogP contribution in [0.5, 0.6) is 0 Å². The van der Waals surface area contributed by atoms with Crippen LogP contribution in [0.4, 0.5) is 11.4 Å². The van der Waals surface area contributed by atoms with Gasteiger partial charge in [-0.05, 0) is 69.0 Å². The molecule has 1 heteroatoms. The molecule has 0 aromatic heterocycles. The molecule has 1 nitrogen and oxygen atoms in total. The molecule has 0 radical (unpaired) electrons. The normalized spacial score (nSPS) is 10.5. The van der Waals surface area contributed by atoms with Gasteiger partial charge in [-0.2, -0.15) is 0 Å². The van der Waals surface area contributed by atoms with Crippen LogP contribution in [0.25, 0.3) is 0 Å². The van der Waals surface area contributed by atoms with Gasteiger partial charge in [-0.25, -0.2) is 0 Å². The summed E-state index contributed by atoms with van der Waals surface area (Å²) < 4.78 is 0. The second-order valence-corrected chi connectivity index (χ2v) is 5.28. The van der Waals surface area contributed by atoms with E-state index < -0.39 is 0 Å². The van der Waals surface area contributed by atoms with E-state index in [9.17, 15) is 0 Å². The maximum absolute atomic E-state index is 3.55. The lowest BCUT2D eigenvalue weighted by molar-refractivity contribution is 1.30. The first-order valence-corrected chi connectivity index (χ1v) is 6.39. The number of hydrogen-bond acceptors (Lipinski definition) is 1. The van der Waals surface area contributed by atoms with Gasteiger partial charge in [0.25, 0.3) is 0 Å². The molecule has 0 unspecified atom stereocenters. The van der Waals surface area contributed by atoms with Crippen LogP contribution in [0.3, 0.4) is 0 Å². The Bertz CT molecular complexity index is 539. The number of rotatable bonds is 2. The highest BCUT2D eigenvalue weighted by atomic mass is 14.9. The molecule has 0 spiro atoms. The summed E-state index contributed by atoms with van der Waals surface area (Å²) in [6.07, 6.45) is 0. The quantitative estimate of drug-likeness (QED) is 0.780. The summed E-state index contributed by atoms with van der Waals surface area (Å²) in [5.74, 6) is 0. The minimum Gasteiger partial charge on any atom is -0.355 e. The third-order valence-corrected chi connectivity index (χ3v) is 3.17. The van der Waals surface area contributed by atoms with Crippen molar-refractivity contribution in [3.63, 3.8) is 0 Å². The molecule has 0 bridgehead atoms. The van der Waals surface area contributed by atoms with Crippen LogP contribution < -0.4 is 5.32 Å². The smallest absolute Gasteiger partial charge is 0.0443 e. The summed E-state index contributed by atoms with van der Waals surface area (Å²) in [5, 5.41) is 3.55. The Kier molecular flexibility index (Phi) is 3.42. The third kappa shape index (κ3) is 2.73. The minimum absolute atomic E-state index is 1.17. The van der Waals surface area contributed by atoms with Gasteiger partial charge in [-0.15, -0.1) is 0 Å². The van der Waals surface area contributed by atoms with Crippen molar-refractivity contribution in [2.24, 2.45) is 0 Å². The first-order valence-electron chi connectivity index (χ1n) is 6.39. The van der Waals surface area contributed by atoms with E-state index in [2.05, 4.69) is 70.3 Å². The summed E-state index contributed by atoms with van der Waals surface area (Å²) in [5.41, 5.74) is 8.89. The van der Waals surface area contributed by atoms with E-state index in [0.717, 1.165) is 0 Å². The van der Waals surface area contributed by atoms with Crippen LogP contribution >= 0.6 is 0 Å². The summed E-state index contributed by atoms with van der Waals surface area (Å²) >= 11 is 0. The third-order valence-electron chi connectivity index (χ3n) is 3.17. The lowest BCUT2D eigenvalue weighted by Crippen LogP contribution is -1.97. The van der Waals surface area contributed by atoms with E-state index in [1.807, 2.05) is 0 Å². The molecule has 0 aliphatic rings. The topological polar surface area (TPSA) is 12.0 Å². The molecule has 2 rings (SSSR count). The molecule has 0 aliphatic carbocycles. The second-order valence-electron chi connectivity index (χ2n) is 5.28. The molecule has 0 heterocycles. The molecule has 0 saturated heterocycles. The van der Waals surface area contributed by atoms with Gasteiger partial charge in [0.05, 0.1) is 0 Å². The number of benzene rings is 2. The van der Waals surface area contributed by atoms with Gasteiger partial charge in [0.1, 0.15) is 0 Å². The molecular weight excluding hydrogens is 218 g/mol. The van der Waals surface area contributed by atoms with Gasteiger partial charge in [0, 0.05) is 11.4 Å². The Morgan fingerprint density at radius 3 is 1.56 bits per heavy atom. The first-order chi connectivity index (χ1) is 8.45. The highest BCUT2D eigenvalue weighted by molar-refractivity contribution is 5.68. The SMILES string of the molecule is Cc1cc(C)cc(Nc2c(C)cc(C)cc2C)c1. The zero-order valence-electron chi connectivity index (χ0n) is 11.9. The van der Waals surface area contributed by atoms with Crippen LogP contribution in [-0.4, -0.2) is 0 Å². The highest BCUT2D eigenvalue weighted by Crippen LogP contribution is 2.26. The number of hydrogen-bond donors (Lipinski definition) is 1. The van der Waals surface area contributed by atoms with Crippen LogP contribution in [-0.2, 0) is 0 Å². The van der Waals surface area contributed by atoms with Crippen molar-refractivity contribution in [1.82, 2.24) is 0 Å². The molecule has 0 aliphatic heterocycles. The Labute approximate surface area is 110 Å². The lowest BCUT2D eigenvalue weighted by Gasteiger charge is -2.15. The number of aryl methyl sites for hydroxylation is 5. The molecule has 2 aromatic rings. The van der Waals surface area contributed by atoms with Crippen LogP contribution in [0.1, 0.15) is 27.8 Å². The molecular formula is C17H21N. The summed E-state index contributed by atoms with van der Waals surface area (Å²) in [6, 6.07) is 11.0. The van der Waals surface area contributed by atoms with Gasteiger partial charge >= 0.3 is 0 Å². The van der Waals surface area contributed by atoms with Crippen molar-refractivity contribution >= 4 is 11.4 Å². The van der Waals surface area contributed by atoms with Gasteiger partial charge in [-0.3, -0.25) is 0 Å². The predicted octanol–water partition coefficient (Wildman–Crippen LogP) is 4.97. The van der Waals surface area contributed by atoms with Crippen molar-refractivity contribution in [2.75, 3.05) is 5.32 Å². The Balaban J connectivity index is 2.40. The summed E-state index contributed by atoms with van der Waals surface area (Å²) in [7, 11) is 0. The molecule has 1 N–H and O–H groups in total. The molecule has 0 saturated carbocycles. The Morgan fingerprint density at radius 2 is 1.06 bits per heavy atom. The zero-order valence-corrected chi connectivity index (χ0v) is 11.9.